The first-order chi connectivity index (χ1) is 19.2. The minimum Gasteiger partial charge on any atom is -0.492 e. The lowest BCUT2D eigenvalue weighted by Gasteiger charge is -2.25. The number of ether oxygens (including phenoxy) is 1. The molecule has 2 heterocycles. The number of nitrogens with one attached hydrogen (secondary N) is 1. The van der Waals surface area contributed by atoms with Gasteiger partial charge in [-0.05, 0) is 90.6 Å². The molecule has 40 heavy (non-hydrogen) atoms. The molecule has 0 aromatic heterocycles. The quantitative estimate of drug-likeness (QED) is 0.272. The molecule has 1 saturated heterocycles. The molecule has 0 radical (unpaired) electrons. The minimum atomic E-state index is -0.337. The lowest BCUT2D eigenvalue weighted by molar-refractivity contribution is 0.221. The van der Waals surface area contributed by atoms with Gasteiger partial charge in [0.2, 0.25) is 0 Å². The van der Waals surface area contributed by atoms with Gasteiger partial charge in [0.05, 0.1) is 18.0 Å². The Morgan fingerprint density at radius 2 is 1.85 bits per heavy atom. The number of nitrogens with zero attached hydrogens (tertiary/aromatic N) is 3. The molecule has 0 atom stereocenters. The molecule has 1 N–H and O–H groups in total. The van der Waals surface area contributed by atoms with E-state index in [4.69, 9.17) is 4.74 Å². The first kappa shape index (κ1) is 34.9. The van der Waals surface area contributed by atoms with Crippen LogP contribution in [0, 0.1) is 30.5 Å². The third-order valence-electron chi connectivity index (χ3n) is 6.17. The van der Waals surface area contributed by atoms with Crippen LogP contribution in [-0.2, 0) is 4.74 Å². The van der Waals surface area contributed by atoms with Gasteiger partial charge in [-0.1, -0.05) is 39.8 Å². The lowest BCUT2D eigenvalue weighted by atomic mass is 9.93. The van der Waals surface area contributed by atoms with E-state index in [0.717, 1.165) is 55.6 Å². The number of aryl methyl sites for hydroxylation is 1. The van der Waals surface area contributed by atoms with Crippen LogP contribution < -0.4 is 5.32 Å². The number of halogens is 1. The second-order valence-corrected chi connectivity index (χ2v) is 9.78. The Bertz CT molecular complexity index is 1120. The minimum absolute atomic E-state index is 0.337. The monoisotopic (exact) mass is 550 g/mol. The summed E-state index contributed by atoms with van der Waals surface area (Å²) in [5, 5.41) is 9.71. The topological polar surface area (TPSA) is 49.2 Å². The number of benzene rings is 1. The molecule has 0 saturated carbocycles. The van der Waals surface area contributed by atoms with Crippen molar-refractivity contribution in [1.82, 2.24) is 10.3 Å². The second-order valence-electron chi connectivity index (χ2n) is 9.78. The zero-order valence-electron chi connectivity index (χ0n) is 26.4. The predicted octanol–water partition coefficient (Wildman–Crippen LogP) is 8.83. The van der Waals surface area contributed by atoms with Crippen molar-refractivity contribution < 1.29 is 9.13 Å². The van der Waals surface area contributed by atoms with Gasteiger partial charge in [-0.2, -0.15) is 5.10 Å². The number of rotatable bonds is 7. The molecular weight excluding hydrogens is 499 g/mol. The third kappa shape index (κ3) is 11.1. The standard InChI is InChI=1S/C25H33FN4O.C7H12.C2H6/c1-7-31-24-14-23(29-30(19(24)6)15-16(2)3)21-12-17(4)25(22(26)13-21)28-18(5)20-8-10-27-11-9-20;1-3-5-7-6-4-2;1-2/h12-15,20,27H,6-11H2,1-5H3;3-5H2,1-2H3;1-2H3. The van der Waals surface area contributed by atoms with Crippen LogP contribution in [0.1, 0.15) is 98.6 Å². The van der Waals surface area contributed by atoms with Crippen molar-refractivity contribution in [2.75, 3.05) is 19.7 Å². The van der Waals surface area contributed by atoms with Crippen LogP contribution in [0.2, 0.25) is 0 Å². The predicted molar refractivity (Wildman–Crippen MR) is 170 cm³/mol. The molecule has 1 aromatic carbocycles. The van der Waals surface area contributed by atoms with Gasteiger partial charge < -0.3 is 10.1 Å². The van der Waals surface area contributed by atoms with E-state index in [1.54, 1.807) is 5.01 Å². The molecule has 3 rings (SSSR count). The molecular formula is C34H51FN4O. The molecule has 2 aliphatic heterocycles. The van der Waals surface area contributed by atoms with Gasteiger partial charge in [0.25, 0.3) is 0 Å². The van der Waals surface area contributed by atoms with E-state index in [-0.39, 0.29) is 5.82 Å². The van der Waals surface area contributed by atoms with Gasteiger partial charge in [-0.15, -0.1) is 11.8 Å². The number of piperidine rings is 1. The van der Waals surface area contributed by atoms with Crippen molar-refractivity contribution >= 4 is 17.1 Å². The average Bonchev–Trinajstić information content (AvgIpc) is 2.94. The van der Waals surface area contributed by atoms with Crippen LogP contribution in [-0.4, -0.2) is 36.1 Å². The summed E-state index contributed by atoms with van der Waals surface area (Å²) in [7, 11) is 0. The maximum Gasteiger partial charge on any atom is 0.149 e. The molecule has 0 spiro atoms. The van der Waals surface area contributed by atoms with Gasteiger partial charge in [0, 0.05) is 36.4 Å². The van der Waals surface area contributed by atoms with Gasteiger partial charge in [0.1, 0.15) is 17.3 Å². The van der Waals surface area contributed by atoms with Crippen molar-refractivity contribution in [1.29, 1.82) is 0 Å². The highest BCUT2D eigenvalue weighted by atomic mass is 19.1. The molecule has 5 nitrogen and oxygen atoms in total. The average molecular weight is 551 g/mol. The first-order valence-corrected chi connectivity index (χ1v) is 14.8. The van der Waals surface area contributed by atoms with E-state index < -0.39 is 0 Å². The number of hydrogen-bond acceptors (Lipinski definition) is 5. The summed E-state index contributed by atoms with van der Waals surface area (Å²) in [6, 6.07) is 3.44. The number of aliphatic imine (C=N–C) groups is 1. The first-order valence-electron chi connectivity index (χ1n) is 14.8. The van der Waals surface area contributed by atoms with Crippen molar-refractivity contribution in [3.05, 3.63) is 65.0 Å². The van der Waals surface area contributed by atoms with E-state index in [0.29, 0.717) is 40.9 Å². The maximum atomic E-state index is 15.2. The fourth-order valence-electron chi connectivity index (χ4n) is 4.17. The molecule has 6 heteroatoms. The zero-order chi connectivity index (χ0) is 30.1. The number of hydrogen-bond donors (Lipinski definition) is 1. The van der Waals surface area contributed by atoms with Crippen molar-refractivity contribution in [2.24, 2.45) is 16.0 Å². The Kier molecular flexibility index (Phi) is 16.6. The van der Waals surface area contributed by atoms with Crippen LogP contribution in [0.4, 0.5) is 10.1 Å². The number of allylic oxidation sites excluding steroid dienone is 2. The molecule has 2 aliphatic rings. The van der Waals surface area contributed by atoms with Crippen LogP contribution in [0.5, 0.6) is 0 Å². The highest BCUT2D eigenvalue weighted by Gasteiger charge is 2.21. The number of hydrazone groups is 1. The summed E-state index contributed by atoms with van der Waals surface area (Å²) < 4.78 is 20.9. The summed E-state index contributed by atoms with van der Waals surface area (Å²) in [5.41, 5.74) is 5.23. The van der Waals surface area contributed by atoms with E-state index in [9.17, 15) is 0 Å². The van der Waals surface area contributed by atoms with E-state index in [1.165, 1.54) is 12.5 Å². The molecule has 0 bridgehead atoms. The molecule has 1 fully saturated rings. The smallest absolute Gasteiger partial charge is 0.149 e. The summed E-state index contributed by atoms with van der Waals surface area (Å²) in [5.74, 6) is 6.73. The molecule has 220 valence electrons. The Balaban J connectivity index is 0.000000775. The summed E-state index contributed by atoms with van der Waals surface area (Å²) in [6.45, 7) is 24.6. The van der Waals surface area contributed by atoms with E-state index in [1.807, 2.05) is 66.8 Å². The number of unbranched alkanes of at least 4 members (excludes halogenated alkanes) is 1. The fraction of sp³-hybridized carbons (Fsp3) is 0.529. The zero-order valence-corrected chi connectivity index (χ0v) is 26.4. The van der Waals surface area contributed by atoms with Crippen molar-refractivity contribution in [2.45, 2.75) is 94.4 Å². The van der Waals surface area contributed by atoms with Crippen LogP contribution in [0.3, 0.4) is 0 Å². The van der Waals surface area contributed by atoms with Crippen LogP contribution in [0.15, 0.2) is 58.1 Å². The second kappa shape index (κ2) is 19.0. The van der Waals surface area contributed by atoms with Gasteiger partial charge in [0.15, 0.2) is 0 Å². The highest BCUT2D eigenvalue weighted by Crippen LogP contribution is 2.30. The normalized spacial score (nSPS) is 15.3. The third-order valence-corrected chi connectivity index (χ3v) is 6.17. The molecule has 0 aliphatic carbocycles. The summed E-state index contributed by atoms with van der Waals surface area (Å²) >= 11 is 0. The van der Waals surface area contributed by atoms with Crippen LogP contribution >= 0.6 is 0 Å². The van der Waals surface area contributed by atoms with Gasteiger partial charge in [-0.3, -0.25) is 4.99 Å². The van der Waals surface area contributed by atoms with Crippen molar-refractivity contribution in [3.63, 3.8) is 0 Å². The van der Waals surface area contributed by atoms with E-state index >= 15 is 4.39 Å². The largest absolute Gasteiger partial charge is 0.492 e. The Morgan fingerprint density at radius 3 is 2.40 bits per heavy atom. The highest BCUT2D eigenvalue weighted by molar-refractivity contribution is 6.10. The Labute approximate surface area is 243 Å². The lowest BCUT2D eigenvalue weighted by Crippen LogP contribution is -2.30. The van der Waals surface area contributed by atoms with E-state index in [2.05, 4.69) is 47.7 Å². The van der Waals surface area contributed by atoms with Gasteiger partial charge >= 0.3 is 0 Å². The Hall–Kier alpha value is -3.17. The molecule has 1 aromatic rings. The summed E-state index contributed by atoms with van der Waals surface area (Å²) in [6.07, 6.45) is 9.04. The fourth-order valence-corrected chi connectivity index (χ4v) is 4.17. The molecule has 0 unspecified atom stereocenters. The summed E-state index contributed by atoms with van der Waals surface area (Å²) in [4.78, 5) is 4.68. The van der Waals surface area contributed by atoms with Gasteiger partial charge in [-0.25, -0.2) is 9.40 Å². The van der Waals surface area contributed by atoms with Crippen LogP contribution in [0.25, 0.3) is 0 Å². The van der Waals surface area contributed by atoms with Crippen molar-refractivity contribution in [3.8, 4) is 11.8 Å². The SMILES string of the molecule is C=C1C(OCC)=CC(c2cc(C)c(N=C(C)C3CCNCC3)c(F)c2)=NN1C=C(C)C.CC.CCC#CCCC. The Morgan fingerprint density at radius 1 is 1.18 bits per heavy atom. The maximum absolute atomic E-state index is 15.2. The molecule has 0 amide bonds.